The first kappa shape index (κ1) is 18.4. The molecular formula is C15H20ClFN2O3. The summed E-state index contributed by atoms with van der Waals surface area (Å²) in [4.78, 5) is 23.4. The topological polar surface area (TPSA) is 78.4 Å². The van der Waals surface area contributed by atoms with Gasteiger partial charge in [0.05, 0.1) is 11.1 Å². The molecule has 1 aromatic carbocycles. The van der Waals surface area contributed by atoms with Crippen LogP contribution in [0.3, 0.4) is 0 Å². The Labute approximate surface area is 133 Å². The normalized spacial score (nSPS) is 12.1. The highest BCUT2D eigenvalue weighted by atomic mass is 35.5. The van der Waals surface area contributed by atoms with E-state index in [0.29, 0.717) is 0 Å². The smallest absolute Gasteiger partial charge is 0.313 e. The van der Waals surface area contributed by atoms with Crippen molar-refractivity contribution in [3.8, 4) is 0 Å². The molecule has 0 heterocycles. The predicted molar refractivity (Wildman–Crippen MR) is 83.1 cm³/mol. The van der Waals surface area contributed by atoms with Gasteiger partial charge < -0.3 is 15.7 Å². The molecule has 1 unspecified atom stereocenters. The number of hydrogen-bond acceptors (Lipinski definition) is 3. The Kier molecular flexibility index (Phi) is 7.27. The zero-order valence-corrected chi connectivity index (χ0v) is 13.3. The number of aliphatic hydroxyl groups is 1. The molecule has 122 valence electrons. The minimum Gasteiger partial charge on any atom is -0.391 e. The Hall–Kier alpha value is -1.66. The number of hydrogen-bond donors (Lipinski definition) is 3. The molecule has 0 aromatic heterocycles. The van der Waals surface area contributed by atoms with Gasteiger partial charge in [0.25, 0.3) is 0 Å². The van der Waals surface area contributed by atoms with Gasteiger partial charge in [0.15, 0.2) is 0 Å². The van der Waals surface area contributed by atoms with E-state index in [2.05, 4.69) is 10.6 Å². The monoisotopic (exact) mass is 330 g/mol. The van der Waals surface area contributed by atoms with Crippen LogP contribution in [-0.4, -0.2) is 29.6 Å². The Balaban J connectivity index is 2.51. The van der Waals surface area contributed by atoms with Gasteiger partial charge in [0, 0.05) is 12.2 Å². The van der Waals surface area contributed by atoms with Crippen molar-refractivity contribution >= 4 is 29.1 Å². The fourth-order valence-electron chi connectivity index (χ4n) is 2.04. The van der Waals surface area contributed by atoms with Crippen LogP contribution < -0.4 is 10.6 Å². The first-order chi connectivity index (χ1) is 10.4. The molecule has 1 aromatic rings. The highest BCUT2D eigenvalue weighted by molar-refractivity contribution is 6.39. The van der Waals surface area contributed by atoms with E-state index >= 15 is 0 Å². The number of carbonyl (C=O) groups is 2. The third-order valence-electron chi connectivity index (χ3n) is 3.45. The van der Waals surface area contributed by atoms with Crippen molar-refractivity contribution in [2.45, 2.75) is 32.8 Å². The molecular weight excluding hydrogens is 311 g/mol. The second kappa shape index (κ2) is 8.70. The maximum atomic E-state index is 13.0. The van der Waals surface area contributed by atoms with Crippen LogP contribution in [0.1, 0.15) is 26.7 Å². The van der Waals surface area contributed by atoms with E-state index in [0.717, 1.165) is 18.9 Å². The predicted octanol–water partition coefficient (Wildman–Crippen LogP) is 2.33. The lowest BCUT2D eigenvalue weighted by atomic mass is 9.96. The Bertz CT molecular complexity index is 536. The number of nitrogens with one attached hydrogen (secondary N) is 2. The molecule has 0 saturated heterocycles. The van der Waals surface area contributed by atoms with Crippen molar-refractivity contribution < 1.29 is 19.1 Å². The highest BCUT2D eigenvalue weighted by Gasteiger charge is 2.19. The van der Waals surface area contributed by atoms with E-state index in [-0.39, 0.29) is 23.2 Å². The summed E-state index contributed by atoms with van der Waals surface area (Å²) in [6.45, 7) is 3.90. The second-order valence-electron chi connectivity index (χ2n) is 4.94. The van der Waals surface area contributed by atoms with Crippen molar-refractivity contribution in [2.24, 2.45) is 5.92 Å². The summed E-state index contributed by atoms with van der Waals surface area (Å²) in [5, 5.41) is 14.4. The number of benzene rings is 1. The van der Waals surface area contributed by atoms with Crippen LogP contribution in [0, 0.1) is 11.7 Å². The summed E-state index contributed by atoms with van der Waals surface area (Å²) >= 11 is 5.59. The summed E-state index contributed by atoms with van der Waals surface area (Å²) in [5.41, 5.74) is 0.215. The van der Waals surface area contributed by atoms with Crippen LogP contribution in [-0.2, 0) is 9.59 Å². The van der Waals surface area contributed by atoms with E-state index in [4.69, 9.17) is 11.6 Å². The number of anilines is 1. The van der Waals surface area contributed by atoms with Gasteiger partial charge in [-0.15, -0.1) is 0 Å². The molecule has 7 heteroatoms. The lowest BCUT2D eigenvalue weighted by Crippen LogP contribution is -2.41. The Morgan fingerprint density at radius 3 is 2.45 bits per heavy atom. The van der Waals surface area contributed by atoms with Crippen molar-refractivity contribution in [2.75, 3.05) is 11.9 Å². The molecule has 0 radical (unpaired) electrons. The quantitative estimate of drug-likeness (QED) is 0.700. The summed E-state index contributed by atoms with van der Waals surface area (Å²) in [5.74, 6) is -2.32. The lowest BCUT2D eigenvalue weighted by Gasteiger charge is -2.20. The van der Waals surface area contributed by atoms with Crippen LogP contribution in [0.15, 0.2) is 18.2 Å². The first-order valence-corrected chi connectivity index (χ1v) is 7.49. The molecule has 1 atom stereocenters. The Morgan fingerprint density at radius 1 is 1.27 bits per heavy atom. The zero-order chi connectivity index (χ0) is 16.7. The van der Waals surface area contributed by atoms with Gasteiger partial charge in [0.1, 0.15) is 5.82 Å². The number of halogens is 2. The maximum Gasteiger partial charge on any atom is 0.313 e. The summed E-state index contributed by atoms with van der Waals surface area (Å²) in [6, 6.07) is 3.60. The molecule has 0 spiro atoms. The molecule has 0 aliphatic carbocycles. The fourth-order valence-corrected chi connectivity index (χ4v) is 2.22. The van der Waals surface area contributed by atoms with Gasteiger partial charge >= 0.3 is 11.8 Å². The molecule has 0 fully saturated rings. The molecule has 0 aliphatic rings. The molecule has 22 heavy (non-hydrogen) atoms. The van der Waals surface area contributed by atoms with Gasteiger partial charge in [-0.1, -0.05) is 38.3 Å². The van der Waals surface area contributed by atoms with E-state index in [1.165, 1.54) is 12.1 Å². The highest BCUT2D eigenvalue weighted by Crippen LogP contribution is 2.19. The van der Waals surface area contributed by atoms with Gasteiger partial charge in [-0.05, 0) is 24.1 Å². The standard InChI is InChI=1S/C15H20ClFN2O3/c1-3-9(4-2)13(20)8-18-14(21)15(22)19-10-5-6-12(17)11(16)7-10/h5-7,9,13,20H,3-4,8H2,1-2H3,(H,18,21)(H,19,22). The van der Waals surface area contributed by atoms with Crippen molar-refractivity contribution in [1.29, 1.82) is 0 Å². The van der Waals surface area contributed by atoms with Crippen LogP contribution in [0.25, 0.3) is 0 Å². The molecule has 3 N–H and O–H groups in total. The average Bonchev–Trinajstić information content (AvgIpc) is 2.49. The third-order valence-corrected chi connectivity index (χ3v) is 3.74. The summed E-state index contributed by atoms with van der Waals surface area (Å²) in [7, 11) is 0. The Morgan fingerprint density at radius 2 is 1.91 bits per heavy atom. The number of rotatable bonds is 6. The molecule has 2 amide bonds. The third kappa shape index (κ3) is 5.27. The molecule has 0 bridgehead atoms. The average molecular weight is 331 g/mol. The van der Waals surface area contributed by atoms with Gasteiger partial charge in [-0.3, -0.25) is 9.59 Å². The molecule has 0 aliphatic heterocycles. The second-order valence-corrected chi connectivity index (χ2v) is 5.34. The number of aliphatic hydroxyl groups excluding tert-OH is 1. The van der Waals surface area contributed by atoms with Crippen molar-refractivity contribution in [3.05, 3.63) is 29.0 Å². The minimum absolute atomic E-state index is 0.00275. The van der Waals surface area contributed by atoms with Crippen LogP contribution in [0.5, 0.6) is 0 Å². The first-order valence-electron chi connectivity index (χ1n) is 7.11. The van der Waals surface area contributed by atoms with E-state index < -0.39 is 23.7 Å². The minimum atomic E-state index is -0.903. The van der Waals surface area contributed by atoms with Crippen LogP contribution >= 0.6 is 11.6 Å². The maximum absolute atomic E-state index is 13.0. The van der Waals surface area contributed by atoms with Crippen molar-refractivity contribution in [3.63, 3.8) is 0 Å². The largest absolute Gasteiger partial charge is 0.391 e. The van der Waals surface area contributed by atoms with Crippen LogP contribution in [0.2, 0.25) is 5.02 Å². The van der Waals surface area contributed by atoms with E-state index in [1.54, 1.807) is 0 Å². The number of amides is 2. The zero-order valence-electron chi connectivity index (χ0n) is 12.5. The van der Waals surface area contributed by atoms with E-state index in [9.17, 15) is 19.1 Å². The van der Waals surface area contributed by atoms with Gasteiger partial charge in [-0.2, -0.15) is 0 Å². The van der Waals surface area contributed by atoms with Gasteiger partial charge in [-0.25, -0.2) is 4.39 Å². The molecule has 5 nitrogen and oxygen atoms in total. The van der Waals surface area contributed by atoms with Crippen LogP contribution in [0.4, 0.5) is 10.1 Å². The van der Waals surface area contributed by atoms with Gasteiger partial charge in [0.2, 0.25) is 0 Å². The van der Waals surface area contributed by atoms with Crippen molar-refractivity contribution in [1.82, 2.24) is 5.32 Å². The summed E-state index contributed by atoms with van der Waals surface area (Å²) in [6.07, 6.45) is 0.869. The summed E-state index contributed by atoms with van der Waals surface area (Å²) < 4.78 is 13.0. The van der Waals surface area contributed by atoms with E-state index in [1.807, 2.05) is 13.8 Å². The SMILES string of the molecule is CCC(CC)C(O)CNC(=O)C(=O)Nc1ccc(F)c(Cl)c1. The molecule has 0 saturated carbocycles. The lowest BCUT2D eigenvalue weighted by molar-refractivity contribution is -0.136. The molecule has 1 rings (SSSR count). The number of carbonyl (C=O) groups excluding carboxylic acids is 2. The fraction of sp³-hybridized carbons (Fsp3) is 0.467.